The number of rotatable bonds is 7. The Kier molecular flexibility index (Phi) is 5.80. The van der Waals surface area contributed by atoms with Crippen molar-refractivity contribution in [1.29, 1.82) is 0 Å². The predicted molar refractivity (Wildman–Crippen MR) is 89.3 cm³/mol. The second-order valence-electron chi connectivity index (χ2n) is 5.15. The molecule has 0 bridgehead atoms. The molecule has 2 aromatic rings. The lowest BCUT2D eigenvalue weighted by molar-refractivity contribution is 0.310. The van der Waals surface area contributed by atoms with Crippen molar-refractivity contribution in [2.24, 2.45) is 0 Å². The van der Waals surface area contributed by atoms with Gasteiger partial charge in [0.1, 0.15) is 5.82 Å². The van der Waals surface area contributed by atoms with Crippen LogP contribution in [0.2, 0.25) is 0 Å². The summed E-state index contributed by atoms with van der Waals surface area (Å²) in [5, 5.41) is 0. The van der Waals surface area contributed by atoms with Crippen LogP contribution in [0.5, 0.6) is 11.5 Å². The van der Waals surface area contributed by atoms with Crippen molar-refractivity contribution >= 4 is 10.0 Å². The molecule has 0 aromatic heterocycles. The largest absolute Gasteiger partial charge is 0.493 e. The van der Waals surface area contributed by atoms with Crippen LogP contribution < -0.4 is 14.2 Å². The quantitative estimate of drug-likeness (QED) is 0.831. The van der Waals surface area contributed by atoms with Gasteiger partial charge in [-0.25, -0.2) is 17.5 Å². The fraction of sp³-hybridized carbons (Fsp3) is 0.294. The Hall–Kier alpha value is -2.12. The van der Waals surface area contributed by atoms with E-state index in [0.29, 0.717) is 23.7 Å². The number of hydrogen-bond donors (Lipinski definition) is 1. The maximum absolute atomic E-state index is 13.1. The first kappa shape index (κ1) is 18.2. The standard InChI is InChI=1S/C17H20FNO4S/c1-4-23-16-10-13(5-7-15(16)22-3)11-19-24(20,21)17-8-6-14(18)9-12(17)2/h5-10,19H,4,11H2,1-3H3. The van der Waals surface area contributed by atoms with Gasteiger partial charge in [-0.1, -0.05) is 6.07 Å². The van der Waals surface area contributed by atoms with Crippen LogP contribution in [0.15, 0.2) is 41.3 Å². The third-order valence-corrected chi connectivity index (χ3v) is 4.98. The molecule has 2 aromatic carbocycles. The van der Waals surface area contributed by atoms with Crippen LogP contribution in [0.1, 0.15) is 18.1 Å². The molecule has 0 saturated heterocycles. The first-order chi connectivity index (χ1) is 11.4. The Morgan fingerprint density at radius 1 is 1.12 bits per heavy atom. The van der Waals surface area contributed by atoms with E-state index in [2.05, 4.69) is 4.72 Å². The summed E-state index contributed by atoms with van der Waals surface area (Å²) >= 11 is 0. The van der Waals surface area contributed by atoms with E-state index in [1.54, 1.807) is 25.1 Å². The first-order valence-electron chi connectivity index (χ1n) is 7.43. The monoisotopic (exact) mass is 353 g/mol. The van der Waals surface area contributed by atoms with E-state index in [0.717, 1.165) is 11.6 Å². The van der Waals surface area contributed by atoms with Gasteiger partial charge in [-0.15, -0.1) is 0 Å². The van der Waals surface area contributed by atoms with Crippen LogP contribution in [0.4, 0.5) is 4.39 Å². The third kappa shape index (κ3) is 4.24. The molecule has 5 nitrogen and oxygen atoms in total. The minimum atomic E-state index is -3.74. The molecule has 0 aliphatic carbocycles. The van der Waals surface area contributed by atoms with Crippen LogP contribution in [-0.2, 0) is 16.6 Å². The number of ether oxygens (including phenoxy) is 2. The molecule has 0 heterocycles. The van der Waals surface area contributed by atoms with Gasteiger partial charge >= 0.3 is 0 Å². The number of sulfonamides is 1. The average molecular weight is 353 g/mol. The smallest absolute Gasteiger partial charge is 0.241 e. The summed E-state index contributed by atoms with van der Waals surface area (Å²) in [5.41, 5.74) is 1.08. The van der Waals surface area contributed by atoms with Gasteiger partial charge in [0.05, 0.1) is 18.6 Å². The molecule has 0 amide bonds. The van der Waals surface area contributed by atoms with Gasteiger partial charge in [0.15, 0.2) is 11.5 Å². The number of benzene rings is 2. The van der Waals surface area contributed by atoms with Crippen molar-refractivity contribution in [3.05, 3.63) is 53.3 Å². The topological polar surface area (TPSA) is 64.6 Å². The van der Waals surface area contributed by atoms with Crippen LogP contribution in [0, 0.1) is 12.7 Å². The van der Waals surface area contributed by atoms with E-state index in [9.17, 15) is 12.8 Å². The van der Waals surface area contributed by atoms with Crippen molar-refractivity contribution in [1.82, 2.24) is 4.72 Å². The molecule has 0 saturated carbocycles. The van der Waals surface area contributed by atoms with Crippen LogP contribution in [-0.4, -0.2) is 22.1 Å². The van der Waals surface area contributed by atoms with Crippen molar-refractivity contribution < 1.29 is 22.3 Å². The number of hydrogen-bond acceptors (Lipinski definition) is 4. The van der Waals surface area contributed by atoms with E-state index in [1.165, 1.54) is 19.2 Å². The fourth-order valence-electron chi connectivity index (χ4n) is 2.27. The Balaban J connectivity index is 2.19. The molecule has 24 heavy (non-hydrogen) atoms. The van der Waals surface area contributed by atoms with Crippen LogP contribution in [0.3, 0.4) is 0 Å². The van der Waals surface area contributed by atoms with Gasteiger partial charge in [0.25, 0.3) is 0 Å². The van der Waals surface area contributed by atoms with Crippen LogP contribution >= 0.6 is 0 Å². The molecule has 130 valence electrons. The normalized spacial score (nSPS) is 11.3. The van der Waals surface area contributed by atoms with Gasteiger partial charge < -0.3 is 9.47 Å². The van der Waals surface area contributed by atoms with Crippen LogP contribution in [0.25, 0.3) is 0 Å². The molecule has 0 aliphatic rings. The number of aryl methyl sites for hydroxylation is 1. The van der Waals surface area contributed by atoms with Gasteiger partial charge in [-0.05, 0) is 55.3 Å². The summed E-state index contributed by atoms with van der Waals surface area (Å²) in [6, 6.07) is 8.77. The van der Waals surface area contributed by atoms with Gasteiger partial charge in [0.2, 0.25) is 10.0 Å². The van der Waals surface area contributed by atoms with E-state index in [4.69, 9.17) is 9.47 Å². The predicted octanol–water partition coefficient (Wildman–Crippen LogP) is 3.02. The Morgan fingerprint density at radius 3 is 2.50 bits per heavy atom. The maximum atomic E-state index is 13.1. The molecule has 0 fully saturated rings. The van der Waals surface area contributed by atoms with E-state index >= 15 is 0 Å². The van der Waals surface area contributed by atoms with Crippen molar-refractivity contribution in [3.63, 3.8) is 0 Å². The number of methoxy groups -OCH3 is 1. The highest BCUT2D eigenvalue weighted by molar-refractivity contribution is 7.89. The molecule has 0 atom stereocenters. The van der Waals surface area contributed by atoms with Gasteiger partial charge in [0, 0.05) is 6.54 Å². The van der Waals surface area contributed by atoms with Gasteiger partial charge in [-0.2, -0.15) is 0 Å². The fourth-order valence-corrected chi connectivity index (χ4v) is 3.51. The molecule has 0 unspecified atom stereocenters. The Bertz CT molecular complexity index is 821. The highest BCUT2D eigenvalue weighted by Gasteiger charge is 2.17. The summed E-state index contributed by atoms with van der Waals surface area (Å²) in [4.78, 5) is 0.0578. The summed E-state index contributed by atoms with van der Waals surface area (Å²) < 4.78 is 51.1. The molecule has 2 rings (SSSR count). The minimum absolute atomic E-state index is 0.0578. The molecule has 7 heteroatoms. The number of nitrogens with one attached hydrogen (secondary N) is 1. The summed E-state index contributed by atoms with van der Waals surface area (Å²) in [6.45, 7) is 3.97. The zero-order chi connectivity index (χ0) is 17.7. The SMILES string of the molecule is CCOc1cc(CNS(=O)(=O)c2ccc(F)cc2C)ccc1OC. The van der Waals surface area contributed by atoms with Crippen molar-refractivity contribution in [2.75, 3.05) is 13.7 Å². The lowest BCUT2D eigenvalue weighted by Crippen LogP contribution is -2.24. The van der Waals surface area contributed by atoms with Crippen molar-refractivity contribution in [2.45, 2.75) is 25.3 Å². The molecule has 0 radical (unpaired) electrons. The Labute approximate surface area is 141 Å². The highest BCUT2D eigenvalue weighted by atomic mass is 32.2. The molecule has 0 spiro atoms. The highest BCUT2D eigenvalue weighted by Crippen LogP contribution is 2.28. The van der Waals surface area contributed by atoms with E-state index in [-0.39, 0.29) is 11.4 Å². The minimum Gasteiger partial charge on any atom is -0.493 e. The molecule has 0 aliphatic heterocycles. The summed E-state index contributed by atoms with van der Waals surface area (Å²) in [6.07, 6.45) is 0. The van der Waals surface area contributed by atoms with Gasteiger partial charge in [-0.3, -0.25) is 0 Å². The maximum Gasteiger partial charge on any atom is 0.241 e. The molecular weight excluding hydrogens is 333 g/mol. The average Bonchev–Trinajstić information content (AvgIpc) is 2.53. The second kappa shape index (κ2) is 7.63. The summed E-state index contributed by atoms with van der Waals surface area (Å²) in [5.74, 6) is 0.662. The first-order valence-corrected chi connectivity index (χ1v) is 8.91. The lowest BCUT2D eigenvalue weighted by Gasteiger charge is -2.12. The molecular formula is C17H20FNO4S. The summed E-state index contributed by atoms with van der Waals surface area (Å²) in [7, 11) is -2.20. The lowest BCUT2D eigenvalue weighted by atomic mass is 10.2. The number of halogens is 1. The second-order valence-corrected chi connectivity index (χ2v) is 6.89. The third-order valence-electron chi connectivity index (χ3n) is 3.42. The van der Waals surface area contributed by atoms with E-state index < -0.39 is 15.8 Å². The van der Waals surface area contributed by atoms with Crippen molar-refractivity contribution in [3.8, 4) is 11.5 Å². The Morgan fingerprint density at radius 2 is 1.88 bits per heavy atom. The van der Waals surface area contributed by atoms with E-state index in [1.807, 2.05) is 6.92 Å². The molecule has 1 N–H and O–H groups in total. The zero-order valence-electron chi connectivity index (χ0n) is 13.8. The zero-order valence-corrected chi connectivity index (χ0v) is 14.6.